The minimum Gasteiger partial charge on any atom is -0.489 e. The molecule has 0 aliphatic heterocycles. The number of nitrogens with zero attached hydrogens (tertiary/aromatic N) is 2. The molecule has 0 aliphatic carbocycles. The second-order valence-electron chi connectivity index (χ2n) is 6.18. The van der Waals surface area contributed by atoms with Crippen LogP contribution in [0.1, 0.15) is 23.7 Å². The van der Waals surface area contributed by atoms with E-state index in [1.165, 1.54) is 17.6 Å². The number of thiazole rings is 1. The fourth-order valence-corrected chi connectivity index (χ4v) is 3.18. The van der Waals surface area contributed by atoms with Crippen LogP contribution in [-0.4, -0.2) is 23.8 Å². The lowest BCUT2D eigenvalue weighted by Crippen LogP contribution is -2.07. The first-order valence-electron chi connectivity index (χ1n) is 9.20. The van der Waals surface area contributed by atoms with Crippen molar-refractivity contribution >= 4 is 28.7 Å². The van der Waals surface area contributed by atoms with Crippen LogP contribution in [0.3, 0.4) is 0 Å². The molecule has 162 valence electrons. The predicted molar refractivity (Wildman–Crippen MR) is 111 cm³/mol. The molecule has 0 fully saturated rings. The minimum absolute atomic E-state index is 0.00630. The third kappa shape index (κ3) is 6.29. The average molecular weight is 449 g/mol. The van der Waals surface area contributed by atoms with Crippen molar-refractivity contribution in [1.29, 1.82) is 0 Å². The molecule has 10 heteroatoms. The highest BCUT2D eigenvalue weighted by Gasteiger charge is 2.12. The highest BCUT2D eigenvalue weighted by Crippen LogP contribution is 2.21. The molecule has 1 aromatic heterocycles. The van der Waals surface area contributed by atoms with E-state index in [1.807, 2.05) is 0 Å². The van der Waals surface area contributed by atoms with Gasteiger partial charge >= 0.3 is 5.97 Å². The Morgan fingerprint density at radius 3 is 2.71 bits per heavy atom. The van der Waals surface area contributed by atoms with Gasteiger partial charge in [0.15, 0.2) is 17.5 Å². The lowest BCUT2D eigenvalue weighted by molar-refractivity contribution is -0.142. The van der Waals surface area contributed by atoms with E-state index >= 15 is 0 Å². The number of halogens is 3. The highest BCUT2D eigenvalue weighted by atomic mass is 32.1. The number of rotatable bonds is 9. The van der Waals surface area contributed by atoms with Crippen LogP contribution in [0.25, 0.3) is 0 Å². The van der Waals surface area contributed by atoms with Crippen molar-refractivity contribution < 1.29 is 27.4 Å². The molecule has 1 heterocycles. The zero-order valence-electron chi connectivity index (χ0n) is 16.4. The van der Waals surface area contributed by atoms with Crippen molar-refractivity contribution in [2.24, 2.45) is 5.10 Å². The summed E-state index contributed by atoms with van der Waals surface area (Å²) >= 11 is 1.29. The molecular weight excluding hydrogens is 431 g/mol. The smallest absolute Gasteiger partial charge is 0.311 e. The molecule has 2 aromatic carbocycles. The summed E-state index contributed by atoms with van der Waals surface area (Å²) in [6.45, 7) is 2.04. The van der Waals surface area contributed by atoms with Gasteiger partial charge < -0.3 is 9.47 Å². The van der Waals surface area contributed by atoms with Crippen LogP contribution in [0.15, 0.2) is 46.9 Å². The second-order valence-corrected chi connectivity index (χ2v) is 7.04. The number of nitrogens with one attached hydrogen (secondary N) is 1. The monoisotopic (exact) mass is 449 g/mol. The van der Waals surface area contributed by atoms with Crippen LogP contribution in [-0.2, 0) is 22.6 Å². The third-order valence-electron chi connectivity index (χ3n) is 3.95. The topological polar surface area (TPSA) is 72.8 Å². The Balaban J connectivity index is 1.61. The Kier molecular flexibility index (Phi) is 7.60. The van der Waals surface area contributed by atoms with Gasteiger partial charge in [-0.3, -0.25) is 10.2 Å². The van der Waals surface area contributed by atoms with Gasteiger partial charge in [0.1, 0.15) is 12.4 Å². The Labute approximate surface area is 180 Å². The number of anilines is 1. The summed E-state index contributed by atoms with van der Waals surface area (Å²) in [4.78, 5) is 15.7. The molecule has 31 heavy (non-hydrogen) atoms. The second kappa shape index (κ2) is 10.6. The molecule has 0 bridgehead atoms. The lowest BCUT2D eigenvalue weighted by atomic mass is 10.1. The molecule has 1 N–H and O–H groups in total. The molecule has 3 rings (SSSR count). The molecule has 0 amide bonds. The average Bonchev–Trinajstić information content (AvgIpc) is 3.18. The number of carbonyl (C=O) groups excluding carboxylic acids is 1. The third-order valence-corrected chi connectivity index (χ3v) is 4.75. The van der Waals surface area contributed by atoms with Gasteiger partial charge in [0.05, 0.1) is 24.9 Å². The van der Waals surface area contributed by atoms with Gasteiger partial charge in [-0.15, -0.1) is 11.3 Å². The van der Waals surface area contributed by atoms with E-state index in [0.29, 0.717) is 28.6 Å². The van der Waals surface area contributed by atoms with Crippen LogP contribution in [0, 0.1) is 17.5 Å². The molecule has 3 aromatic rings. The fraction of sp³-hybridized carbons (Fsp3) is 0.190. The SMILES string of the molecule is CCOC(=O)Cc1csc(NN=Cc2ccccc2COc2cc(F)c(F)c(F)c2)n1. The Morgan fingerprint density at radius 2 is 1.97 bits per heavy atom. The largest absolute Gasteiger partial charge is 0.489 e. The van der Waals surface area contributed by atoms with Crippen molar-refractivity contribution in [3.05, 3.63) is 76.1 Å². The fourth-order valence-electron chi connectivity index (χ4n) is 2.52. The molecule has 0 unspecified atom stereocenters. The number of ether oxygens (including phenoxy) is 2. The summed E-state index contributed by atoms with van der Waals surface area (Å²) in [5.41, 5.74) is 4.75. The molecule has 6 nitrogen and oxygen atoms in total. The van der Waals surface area contributed by atoms with Gasteiger partial charge in [0.25, 0.3) is 0 Å². The first-order chi connectivity index (χ1) is 15.0. The van der Waals surface area contributed by atoms with Crippen LogP contribution < -0.4 is 10.2 Å². The Bertz CT molecular complexity index is 1070. The van der Waals surface area contributed by atoms with Gasteiger partial charge in [0, 0.05) is 23.1 Å². The molecule has 0 atom stereocenters. The summed E-state index contributed by atoms with van der Waals surface area (Å²) in [5, 5.41) is 6.36. The highest BCUT2D eigenvalue weighted by molar-refractivity contribution is 7.13. The summed E-state index contributed by atoms with van der Waals surface area (Å²) < 4.78 is 50.0. The van der Waals surface area contributed by atoms with E-state index in [9.17, 15) is 18.0 Å². The summed E-state index contributed by atoms with van der Waals surface area (Å²) in [5.74, 6) is -4.66. The predicted octanol–water partition coefficient (Wildman–Crippen LogP) is 4.69. The first-order valence-corrected chi connectivity index (χ1v) is 10.1. The maximum Gasteiger partial charge on any atom is 0.311 e. The maximum absolute atomic E-state index is 13.3. The maximum atomic E-state index is 13.3. The zero-order chi connectivity index (χ0) is 22.2. The number of aromatic nitrogens is 1. The van der Waals surface area contributed by atoms with Crippen LogP contribution in [0.5, 0.6) is 5.75 Å². The van der Waals surface area contributed by atoms with Crippen molar-refractivity contribution in [3.63, 3.8) is 0 Å². The molecule has 0 aliphatic rings. The number of hydrazone groups is 1. The Morgan fingerprint density at radius 1 is 1.23 bits per heavy atom. The summed E-state index contributed by atoms with van der Waals surface area (Å²) in [7, 11) is 0. The van der Waals surface area contributed by atoms with Crippen LogP contribution in [0.2, 0.25) is 0 Å². The van der Waals surface area contributed by atoms with Gasteiger partial charge in [-0.1, -0.05) is 24.3 Å². The quantitative estimate of drug-likeness (QED) is 0.222. The number of hydrogen-bond acceptors (Lipinski definition) is 7. The van der Waals surface area contributed by atoms with E-state index in [0.717, 1.165) is 12.1 Å². The van der Waals surface area contributed by atoms with Crippen LogP contribution >= 0.6 is 11.3 Å². The molecule has 0 radical (unpaired) electrons. The van der Waals surface area contributed by atoms with E-state index < -0.39 is 17.5 Å². The van der Waals surface area contributed by atoms with E-state index in [-0.39, 0.29) is 24.7 Å². The lowest BCUT2D eigenvalue weighted by Gasteiger charge is -2.09. The van der Waals surface area contributed by atoms with Crippen molar-refractivity contribution in [2.45, 2.75) is 20.0 Å². The van der Waals surface area contributed by atoms with Crippen molar-refractivity contribution in [2.75, 3.05) is 12.0 Å². The summed E-state index contributed by atoms with van der Waals surface area (Å²) in [6.07, 6.45) is 1.62. The van der Waals surface area contributed by atoms with Gasteiger partial charge in [-0.05, 0) is 12.5 Å². The number of carbonyl (C=O) groups is 1. The summed E-state index contributed by atoms with van der Waals surface area (Å²) in [6, 6.07) is 8.68. The van der Waals surface area contributed by atoms with Crippen LogP contribution in [0.4, 0.5) is 18.3 Å². The van der Waals surface area contributed by atoms with Gasteiger partial charge in [-0.25, -0.2) is 18.2 Å². The van der Waals surface area contributed by atoms with Crippen molar-refractivity contribution in [3.8, 4) is 5.75 Å². The number of hydrogen-bond donors (Lipinski definition) is 1. The normalized spacial score (nSPS) is 11.0. The standard InChI is InChI=1S/C21H18F3N3O3S/c1-2-29-19(28)7-15-12-31-21(26-15)27-25-10-13-5-3-4-6-14(13)11-30-16-8-17(22)20(24)18(23)9-16/h3-6,8-10,12H,2,7,11H2,1H3,(H,26,27). The number of esters is 1. The minimum atomic E-state index is -1.54. The zero-order valence-corrected chi connectivity index (χ0v) is 17.2. The van der Waals surface area contributed by atoms with E-state index in [1.54, 1.807) is 36.6 Å². The Hall–Kier alpha value is -3.40. The van der Waals surface area contributed by atoms with E-state index in [4.69, 9.17) is 9.47 Å². The molecule has 0 saturated carbocycles. The number of benzene rings is 2. The van der Waals surface area contributed by atoms with Gasteiger partial charge in [0.2, 0.25) is 5.13 Å². The molecule has 0 saturated heterocycles. The van der Waals surface area contributed by atoms with Crippen molar-refractivity contribution in [1.82, 2.24) is 4.98 Å². The van der Waals surface area contributed by atoms with Gasteiger partial charge in [-0.2, -0.15) is 5.10 Å². The molecule has 0 spiro atoms. The molecular formula is C21H18F3N3O3S. The first kappa shape index (κ1) is 22.3. The van der Waals surface area contributed by atoms with E-state index in [2.05, 4.69) is 15.5 Å².